The lowest BCUT2D eigenvalue weighted by Crippen LogP contribution is -2.37. The number of nitrogens with one attached hydrogen (secondary N) is 1. The second kappa shape index (κ2) is 6.24. The van der Waals surface area contributed by atoms with Gasteiger partial charge in [-0.1, -0.05) is 6.42 Å². The van der Waals surface area contributed by atoms with Crippen LogP contribution in [0.5, 0.6) is 0 Å². The number of carbonyl (C=O) groups is 1. The molecular formula is C13H24N2O. The SMILES string of the molecule is O=C1CCCCN1CCCCNC1CCC1. The van der Waals surface area contributed by atoms with Gasteiger partial charge in [0.15, 0.2) is 0 Å². The minimum absolute atomic E-state index is 0.373. The molecule has 1 aliphatic carbocycles. The first-order valence-corrected chi connectivity index (χ1v) is 6.87. The molecule has 1 heterocycles. The molecule has 2 aliphatic rings. The quantitative estimate of drug-likeness (QED) is 0.699. The van der Waals surface area contributed by atoms with Gasteiger partial charge in [-0.25, -0.2) is 0 Å². The minimum Gasteiger partial charge on any atom is -0.343 e. The molecule has 3 heteroatoms. The van der Waals surface area contributed by atoms with Crippen molar-refractivity contribution in [3.05, 3.63) is 0 Å². The predicted molar refractivity (Wildman–Crippen MR) is 65.3 cm³/mol. The number of amides is 1. The zero-order valence-corrected chi connectivity index (χ0v) is 10.2. The Morgan fingerprint density at radius 1 is 1.19 bits per heavy atom. The van der Waals surface area contributed by atoms with Crippen LogP contribution in [0.1, 0.15) is 51.4 Å². The van der Waals surface area contributed by atoms with Gasteiger partial charge in [-0.05, 0) is 45.1 Å². The molecule has 0 unspecified atom stereocenters. The molecule has 16 heavy (non-hydrogen) atoms. The molecule has 92 valence electrons. The number of nitrogens with zero attached hydrogens (tertiary/aromatic N) is 1. The summed E-state index contributed by atoms with van der Waals surface area (Å²) in [5.74, 6) is 0.373. The van der Waals surface area contributed by atoms with Crippen LogP contribution in [0.3, 0.4) is 0 Å². The van der Waals surface area contributed by atoms with Crippen LogP contribution in [0.25, 0.3) is 0 Å². The molecule has 1 amide bonds. The van der Waals surface area contributed by atoms with Gasteiger partial charge >= 0.3 is 0 Å². The van der Waals surface area contributed by atoms with Crippen LogP contribution < -0.4 is 5.32 Å². The Labute approximate surface area is 98.6 Å². The fourth-order valence-electron chi connectivity index (χ4n) is 2.44. The van der Waals surface area contributed by atoms with Crippen LogP contribution in [-0.2, 0) is 4.79 Å². The zero-order valence-electron chi connectivity index (χ0n) is 10.2. The number of unbranched alkanes of at least 4 members (excludes halogenated alkanes) is 1. The van der Waals surface area contributed by atoms with Crippen LogP contribution in [0.2, 0.25) is 0 Å². The highest BCUT2D eigenvalue weighted by Crippen LogP contribution is 2.17. The summed E-state index contributed by atoms with van der Waals surface area (Å²) in [4.78, 5) is 13.6. The molecule has 3 nitrogen and oxygen atoms in total. The van der Waals surface area contributed by atoms with E-state index in [2.05, 4.69) is 5.32 Å². The average Bonchev–Trinajstić information content (AvgIpc) is 2.23. The van der Waals surface area contributed by atoms with Crippen molar-refractivity contribution in [2.75, 3.05) is 19.6 Å². The number of carbonyl (C=O) groups excluding carboxylic acids is 1. The van der Waals surface area contributed by atoms with Gasteiger partial charge < -0.3 is 10.2 Å². The molecule has 1 aliphatic heterocycles. The topological polar surface area (TPSA) is 32.3 Å². The maximum atomic E-state index is 11.5. The summed E-state index contributed by atoms with van der Waals surface area (Å²) < 4.78 is 0. The van der Waals surface area contributed by atoms with Crippen molar-refractivity contribution >= 4 is 5.91 Å². The number of hydrogen-bond donors (Lipinski definition) is 1. The maximum absolute atomic E-state index is 11.5. The number of rotatable bonds is 6. The predicted octanol–water partition coefficient (Wildman–Crippen LogP) is 1.92. The highest BCUT2D eigenvalue weighted by molar-refractivity contribution is 5.76. The summed E-state index contributed by atoms with van der Waals surface area (Å²) in [7, 11) is 0. The second-order valence-electron chi connectivity index (χ2n) is 5.13. The smallest absolute Gasteiger partial charge is 0.222 e. The first-order valence-electron chi connectivity index (χ1n) is 6.87. The normalized spacial score (nSPS) is 22.2. The number of likely N-dealkylation sites (tertiary alicyclic amines) is 1. The van der Waals surface area contributed by atoms with E-state index in [1.54, 1.807) is 0 Å². The Kier molecular flexibility index (Phi) is 4.64. The lowest BCUT2D eigenvalue weighted by Gasteiger charge is -2.28. The van der Waals surface area contributed by atoms with E-state index in [4.69, 9.17) is 0 Å². The summed E-state index contributed by atoms with van der Waals surface area (Å²) in [6.07, 6.45) is 9.58. The van der Waals surface area contributed by atoms with Gasteiger partial charge in [-0.3, -0.25) is 4.79 Å². The average molecular weight is 224 g/mol. The number of hydrogen-bond acceptors (Lipinski definition) is 2. The van der Waals surface area contributed by atoms with Crippen LogP contribution in [0.4, 0.5) is 0 Å². The largest absolute Gasteiger partial charge is 0.343 e. The molecular weight excluding hydrogens is 200 g/mol. The van der Waals surface area contributed by atoms with Crippen molar-refractivity contribution in [3.63, 3.8) is 0 Å². The third-order valence-corrected chi connectivity index (χ3v) is 3.81. The van der Waals surface area contributed by atoms with Gasteiger partial charge in [0.1, 0.15) is 0 Å². The molecule has 1 N–H and O–H groups in total. The molecule has 1 saturated carbocycles. The second-order valence-corrected chi connectivity index (χ2v) is 5.13. The molecule has 0 bridgehead atoms. The third kappa shape index (κ3) is 3.48. The molecule has 0 aromatic heterocycles. The van der Waals surface area contributed by atoms with Crippen molar-refractivity contribution in [1.29, 1.82) is 0 Å². The number of piperidine rings is 1. The van der Waals surface area contributed by atoms with Gasteiger partial charge in [0.05, 0.1) is 0 Å². The van der Waals surface area contributed by atoms with E-state index in [0.717, 1.165) is 44.9 Å². The lowest BCUT2D eigenvalue weighted by molar-refractivity contribution is -0.133. The fraction of sp³-hybridized carbons (Fsp3) is 0.923. The van der Waals surface area contributed by atoms with E-state index in [1.165, 1.54) is 32.1 Å². The van der Waals surface area contributed by atoms with Gasteiger partial charge in [-0.2, -0.15) is 0 Å². The van der Waals surface area contributed by atoms with E-state index < -0.39 is 0 Å². The molecule has 0 aromatic carbocycles. The van der Waals surface area contributed by atoms with Gasteiger partial charge in [-0.15, -0.1) is 0 Å². The lowest BCUT2D eigenvalue weighted by atomic mass is 9.93. The molecule has 0 radical (unpaired) electrons. The Bertz CT molecular complexity index is 226. The van der Waals surface area contributed by atoms with Crippen molar-refractivity contribution in [2.45, 2.75) is 57.4 Å². The third-order valence-electron chi connectivity index (χ3n) is 3.81. The highest BCUT2D eigenvalue weighted by Gasteiger charge is 2.17. The van der Waals surface area contributed by atoms with E-state index >= 15 is 0 Å². The Morgan fingerprint density at radius 3 is 2.75 bits per heavy atom. The highest BCUT2D eigenvalue weighted by atomic mass is 16.2. The van der Waals surface area contributed by atoms with E-state index in [1.807, 2.05) is 4.90 Å². The fourth-order valence-corrected chi connectivity index (χ4v) is 2.44. The zero-order chi connectivity index (χ0) is 11.2. The van der Waals surface area contributed by atoms with Gasteiger partial charge in [0.25, 0.3) is 0 Å². The molecule has 0 spiro atoms. The van der Waals surface area contributed by atoms with Crippen molar-refractivity contribution in [3.8, 4) is 0 Å². The summed E-state index contributed by atoms with van der Waals surface area (Å²) in [6.45, 7) is 3.10. The summed E-state index contributed by atoms with van der Waals surface area (Å²) >= 11 is 0. The first-order chi connectivity index (χ1) is 7.86. The van der Waals surface area contributed by atoms with E-state index in [9.17, 15) is 4.79 Å². The van der Waals surface area contributed by atoms with Crippen LogP contribution in [0.15, 0.2) is 0 Å². The Morgan fingerprint density at radius 2 is 2.06 bits per heavy atom. The van der Waals surface area contributed by atoms with Crippen LogP contribution >= 0.6 is 0 Å². The molecule has 0 aromatic rings. The van der Waals surface area contributed by atoms with Crippen molar-refractivity contribution < 1.29 is 4.79 Å². The van der Waals surface area contributed by atoms with Crippen LogP contribution in [0, 0.1) is 0 Å². The maximum Gasteiger partial charge on any atom is 0.222 e. The van der Waals surface area contributed by atoms with E-state index in [0.29, 0.717) is 5.91 Å². The van der Waals surface area contributed by atoms with Crippen molar-refractivity contribution in [1.82, 2.24) is 10.2 Å². The molecule has 1 saturated heterocycles. The Balaban J connectivity index is 1.48. The van der Waals surface area contributed by atoms with Crippen LogP contribution in [-0.4, -0.2) is 36.5 Å². The minimum atomic E-state index is 0.373. The summed E-state index contributed by atoms with van der Waals surface area (Å²) in [5.41, 5.74) is 0. The molecule has 2 fully saturated rings. The van der Waals surface area contributed by atoms with Gasteiger partial charge in [0.2, 0.25) is 5.91 Å². The van der Waals surface area contributed by atoms with Gasteiger partial charge in [0, 0.05) is 25.6 Å². The monoisotopic (exact) mass is 224 g/mol. The van der Waals surface area contributed by atoms with Crippen molar-refractivity contribution in [2.24, 2.45) is 0 Å². The first kappa shape index (κ1) is 11.9. The molecule has 2 rings (SSSR count). The molecule has 0 atom stereocenters. The van der Waals surface area contributed by atoms with E-state index in [-0.39, 0.29) is 0 Å². The summed E-state index contributed by atoms with van der Waals surface area (Å²) in [6, 6.07) is 0.802. The Hall–Kier alpha value is -0.570. The standard InChI is InChI=1S/C13H24N2O/c16-13-8-1-3-10-15(13)11-4-2-9-14-12-6-5-7-12/h12,14H,1-11H2. The summed E-state index contributed by atoms with van der Waals surface area (Å²) in [5, 5.41) is 3.56.